The molecule has 1 aromatic rings. The first-order valence-corrected chi connectivity index (χ1v) is 5.15. The second kappa shape index (κ2) is 5.73. The first-order valence-electron chi connectivity index (χ1n) is 5.15. The number of hydrogen-bond donors (Lipinski definition) is 2. The normalized spacial score (nSPS) is 12.5. The summed E-state index contributed by atoms with van der Waals surface area (Å²) in [6.45, 7) is 2.70. The Labute approximate surface area is 90.9 Å². The zero-order valence-electron chi connectivity index (χ0n) is 9.36. The third-order valence-corrected chi connectivity index (χ3v) is 2.65. The van der Waals surface area contributed by atoms with Gasteiger partial charge in [-0.2, -0.15) is 0 Å². The minimum absolute atomic E-state index is 0.141. The van der Waals surface area contributed by atoms with Crippen molar-refractivity contribution < 1.29 is 9.84 Å². The van der Waals surface area contributed by atoms with E-state index in [0.717, 1.165) is 12.2 Å². The molecule has 3 N–H and O–H groups in total. The minimum atomic E-state index is 0.141. The van der Waals surface area contributed by atoms with Gasteiger partial charge in [0.05, 0.1) is 7.11 Å². The van der Waals surface area contributed by atoms with Crippen LogP contribution in [0.5, 0.6) is 5.75 Å². The van der Waals surface area contributed by atoms with E-state index >= 15 is 0 Å². The van der Waals surface area contributed by atoms with Crippen LogP contribution in [0.15, 0.2) is 18.2 Å². The third kappa shape index (κ3) is 3.22. The Morgan fingerprint density at radius 3 is 2.67 bits per heavy atom. The van der Waals surface area contributed by atoms with Gasteiger partial charge in [-0.3, -0.25) is 0 Å². The van der Waals surface area contributed by atoms with Crippen LogP contribution >= 0.6 is 0 Å². The Morgan fingerprint density at radius 2 is 2.20 bits per heavy atom. The SMILES string of the molecule is COc1ccc(CC(CN)CO)c(C)c1. The summed E-state index contributed by atoms with van der Waals surface area (Å²) in [6, 6.07) is 5.97. The number of aliphatic hydroxyl groups is 1. The van der Waals surface area contributed by atoms with Gasteiger partial charge in [0.15, 0.2) is 0 Å². The second-order valence-corrected chi connectivity index (χ2v) is 3.78. The van der Waals surface area contributed by atoms with Crippen LogP contribution in [0.25, 0.3) is 0 Å². The van der Waals surface area contributed by atoms with Crippen LogP contribution in [0.2, 0.25) is 0 Å². The molecule has 0 heterocycles. The smallest absolute Gasteiger partial charge is 0.119 e. The van der Waals surface area contributed by atoms with Gasteiger partial charge in [0.1, 0.15) is 5.75 Å². The largest absolute Gasteiger partial charge is 0.497 e. The van der Waals surface area contributed by atoms with Crippen molar-refractivity contribution in [3.8, 4) is 5.75 Å². The lowest BCUT2D eigenvalue weighted by Gasteiger charge is -2.14. The van der Waals surface area contributed by atoms with Crippen LogP contribution in [0, 0.1) is 12.8 Å². The molecule has 1 rings (SSSR count). The molecule has 0 fully saturated rings. The highest BCUT2D eigenvalue weighted by Crippen LogP contribution is 2.19. The van der Waals surface area contributed by atoms with Gasteiger partial charge in [-0.25, -0.2) is 0 Å². The fraction of sp³-hybridized carbons (Fsp3) is 0.500. The molecule has 0 aliphatic rings. The number of aliphatic hydroxyl groups excluding tert-OH is 1. The highest BCUT2D eigenvalue weighted by molar-refractivity contribution is 5.35. The summed E-state index contributed by atoms with van der Waals surface area (Å²) in [6.07, 6.45) is 0.822. The Morgan fingerprint density at radius 1 is 1.47 bits per heavy atom. The van der Waals surface area contributed by atoms with Gasteiger partial charge < -0.3 is 15.6 Å². The Balaban J connectivity index is 2.77. The number of ether oxygens (including phenoxy) is 1. The van der Waals surface area contributed by atoms with Crippen molar-refractivity contribution in [3.05, 3.63) is 29.3 Å². The van der Waals surface area contributed by atoms with Gasteiger partial charge >= 0.3 is 0 Å². The predicted octanol–water partition coefficient (Wildman–Crippen LogP) is 1.11. The molecule has 1 unspecified atom stereocenters. The summed E-state index contributed by atoms with van der Waals surface area (Å²) in [5.74, 6) is 1.02. The van der Waals surface area contributed by atoms with E-state index in [4.69, 9.17) is 15.6 Å². The molecule has 15 heavy (non-hydrogen) atoms. The fourth-order valence-electron chi connectivity index (χ4n) is 1.56. The molecule has 3 heteroatoms. The summed E-state index contributed by atoms with van der Waals surface area (Å²) >= 11 is 0. The fourth-order valence-corrected chi connectivity index (χ4v) is 1.56. The summed E-state index contributed by atoms with van der Waals surface area (Å²) < 4.78 is 5.13. The third-order valence-electron chi connectivity index (χ3n) is 2.65. The van der Waals surface area contributed by atoms with Gasteiger partial charge in [-0.05, 0) is 49.1 Å². The zero-order valence-corrected chi connectivity index (χ0v) is 9.36. The van der Waals surface area contributed by atoms with E-state index in [0.29, 0.717) is 6.54 Å². The summed E-state index contributed by atoms with van der Waals surface area (Å²) in [4.78, 5) is 0. The van der Waals surface area contributed by atoms with E-state index in [1.165, 1.54) is 11.1 Å². The first-order chi connectivity index (χ1) is 7.21. The lowest BCUT2D eigenvalue weighted by atomic mass is 9.96. The lowest BCUT2D eigenvalue weighted by Crippen LogP contribution is -2.20. The molecule has 0 saturated carbocycles. The van der Waals surface area contributed by atoms with E-state index in [9.17, 15) is 0 Å². The van der Waals surface area contributed by atoms with Crippen LogP contribution in [0.3, 0.4) is 0 Å². The number of methoxy groups -OCH3 is 1. The van der Waals surface area contributed by atoms with Crippen molar-refractivity contribution in [1.29, 1.82) is 0 Å². The van der Waals surface area contributed by atoms with E-state index in [1.807, 2.05) is 25.1 Å². The molecule has 3 nitrogen and oxygen atoms in total. The summed E-state index contributed by atoms with van der Waals surface area (Å²) in [5.41, 5.74) is 7.96. The molecule has 0 spiro atoms. The van der Waals surface area contributed by atoms with Crippen molar-refractivity contribution in [1.82, 2.24) is 0 Å². The van der Waals surface area contributed by atoms with Gasteiger partial charge in [-0.15, -0.1) is 0 Å². The lowest BCUT2D eigenvalue weighted by molar-refractivity contribution is 0.229. The molecule has 0 bridgehead atoms. The number of benzene rings is 1. The maximum Gasteiger partial charge on any atom is 0.119 e. The minimum Gasteiger partial charge on any atom is -0.497 e. The Kier molecular flexibility index (Phi) is 4.59. The highest BCUT2D eigenvalue weighted by atomic mass is 16.5. The average Bonchev–Trinajstić information content (AvgIpc) is 2.27. The molecule has 1 atom stereocenters. The number of nitrogens with two attached hydrogens (primary N) is 1. The van der Waals surface area contributed by atoms with E-state index in [1.54, 1.807) is 7.11 Å². The zero-order chi connectivity index (χ0) is 11.3. The van der Waals surface area contributed by atoms with Crippen molar-refractivity contribution in [2.75, 3.05) is 20.3 Å². The van der Waals surface area contributed by atoms with Crippen molar-refractivity contribution in [2.24, 2.45) is 11.7 Å². The second-order valence-electron chi connectivity index (χ2n) is 3.78. The van der Waals surface area contributed by atoms with E-state index in [-0.39, 0.29) is 12.5 Å². The Hall–Kier alpha value is -1.06. The molecule has 1 aromatic carbocycles. The molecular weight excluding hydrogens is 190 g/mol. The molecular formula is C12H19NO2. The quantitative estimate of drug-likeness (QED) is 0.764. The van der Waals surface area contributed by atoms with Crippen LogP contribution in [0.1, 0.15) is 11.1 Å². The van der Waals surface area contributed by atoms with Gasteiger partial charge in [-0.1, -0.05) is 6.07 Å². The topological polar surface area (TPSA) is 55.5 Å². The van der Waals surface area contributed by atoms with E-state index < -0.39 is 0 Å². The van der Waals surface area contributed by atoms with Crippen LogP contribution in [-0.4, -0.2) is 25.4 Å². The van der Waals surface area contributed by atoms with Crippen LogP contribution in [-0.2, 0) is 6.42 Å². The number of aryl methyl sites for hydroxylation is 1. The maximum atomic E-state index is 9.07. The molecule has 0 aliphatic carbocycles. The van der Waals surface area contributed by atoms with Crippen molar-refractivity contribution in [3.63, 3.8) is 0 Å². The molecule has 0 aliphatic heterocycles. The monoisotopic (exact) mass is 209 g/mol. The van der Waals surface area contributed by atoms with Crippen molar-refractivity contribution in [2.45, 2.75) is 13.3 Å². The van der Waals surface area contributed by atoms with Gasteiger partial charge in [0, 0.05) is 6.61 Å². The molecule has 84 valence electrons. The number of hydrogen-bond acceptors (Lipinski definition) is 3. The van der Waals surface area contributed by atoms with Gasteiger partial charge in [0.25, 0.3) is 0 Å². The molecule has 0 amide bonds. The van der Waals surface area contributed by atoms with Crippen LogP contribution < -0.4 is 10.5 Å². The predicted molar refractivity (Wildman–Crippen MR) is 61.1 cm³/mol. The molecule has 0 radical (unpaired) electrons. The summed E-state index contributed by atoms with van der Waals surface area (Å²) in [5, 5.41) is 9.07. The maximum absolute atomic E-state index is 9.07. The summed E-state index contributed by atoms with van der Waals surface area (Å²) in [7, 11) is 1.66. The first kappa shape index (κ1) is 12.0. The molecule has 0 saturated heterocycles. The Bertz CT molecular complexity index is 308. The van der Waals surface area contributed by atoms with Gasteiger partial charge in [0.2, 0.25) is 0 Å². The standard InChI is InChI=1S/C12H19NO2/c1-9-5-12(15-2)4-3-11(9)6-10(7-13)8-14/h3-5,10,14H,6-8,13H2,1-2H3. The number of rotatable bonds is 5. The highest BCUT2D eigenvalue weighted by Gasteiger charge is 2.08. The van der Waals surface area contributed by atoms with Crippen molar-refractivity contribution >= 4 is 0 Å². The van der Waals surface area contributed by atoms with E-state index in [2.05, 4.69) is 0 Å². The average molecular weight is 209 g/mol. The molecule has 0 aromatic heterocycles. The van der Waals surface area contributed by atoms with Crippen LogP contribution in [0.4, 0.5) is 0 Å².